The van der Waals surface area contributed by atoms with Crippen LogP contribution in [0.25, 0.3) is 10.2 Å². The lowest BCUT2D eigenvalue weighted by Crippen LogP contribution is -2.28. The smallest absolute Gasteiger partial charge is 0.280 e. The summed E-state index contributed by atoms with van der Waals surface area (Å²) in [5.74, 6) is 0.964. The first-order chi connectivity index (χ1) is 17.0. The van der Waals surface area contributed by atoms with Gasteiger partial charge < -0.3 is 19.5 Å². The maximum absolute atomic E-state index is 13.0. The van der Waals surface area contributed by atoms with Crippen molar-refractivity contribution in [3.05, 3.63) is 83.1 Å². The highest BCUT2D eigenvalue weighted by Gasteiger charge is 2.13. The summed E-state index contributed by atoms with van der Waals surface area (Å²) >= 11 is 1.23. The summed E-state index contributed by atoms with van der Waals surface area (Å²) in [6.07, 6.45) is 0.161. The van der Waals surface area contributed by atoms with Crippen molar-refractivity contribution in [3.8, 4) is 17.2 Å². The van der Waals surface area contributed by atoms with E-state index in [0.717, 1.165) is 10.3 Å². The lowest BCUT2D eigenvalue weighted by atomic mass is 10.1. The number of hydrogen-bond donors (Lipinski definition) is 1. The molecular weight excluding hydrogens is 471 g/mol. The molecule has 180 valence electrons. The average molecular weight is 495 g/mol. The first-order valence-corrected chi connectivity index (χ1v) is 11.7. The Labute approximate surface area is 205 Å². The Morgan fingerprint density at radius 1 is 1.00 bits per heavy atom. The Balaban J connectivity index is 1.27. The van der Waals surface area contributed by atoms with Gasteiger partial charge in [0.15, 0.2) is 22.3 Å². The van der Waals surface area contributed by atoms with E-state index in [1.165, 1.54) is 23.5 Å². The second-order valence-corrected chi connectivity index (χ2v) is 8.57. The molecule has 4 rings (SSSR count). The van der Waals surface area contributed by atoms with Gasteiger partial charge in [-0.2, -0.15) is 0 Å². The third kappa shape index (κ3) is 6.54. The van der Waals surface area contributed by atoms with Crippen LogP contribution in [0.5, 0.6) is 17.2 Å². The van der Waals surface area contributed by atoms with Gasteiger partial charge in [0.05, 0.1) is 23.9 Å². The minimum Gasteiger partial charge on any atom is -0.493 e. The predicted octanol–water partition coefficient (Wildman–Crippen LogP) is 4.44. The van der Waals surface area contributed by atoms with Gasteiger partial charge in [-0.3, -0.25) is 9.59 Å². The zero-order valence-corrected chi connectivity index (χ0v) is 19.8. The molecule has 1 aromatic heterocycles. The molecular formula is C26H23FN2O5S. The molecule has 1 heterocycles. The average Bonchev–Trinajstić information content (AvgIpc) is 3.30. The van der Waals surface area contributed by atoms with Crippen molar-refractivity contribution in [2.75, 3.05) is 26.9 Å². The number of nitrogens with zero attached hydrogens (tertiary/aromatic N) is 1. The van der Waals surface area contributed by atoms with Gasteiger partial charge in [-0.05, 0) is 48.0 Å². The van der Waals surface area contributed by atoms with Gasteiger partial charge in [0.1, 0.15) is 24.8 Å². The van der Waals surface area contributed by atoms with Crippen molar-refractivity contribution < 1.29 is 28.2 Å². The topological polar surface area (TPSA) is 86.8 Å². The highest BCUT2D eigenvalue weighted by atomic mass is 32.1. The number of fused-ring (bicyclic) bond motifs is 1. The normalized spacial score (nSPS) is 10.7. The van der Waals surface area contributed by atoms with Crippen molar-refractivity contribution in [2.24, 2.45) is 0 Å². The minimum absolute atomic E-state index is 0.110. The minimum atomic E-state index is -0.343. The number of carbonyl (C=O) groups is 2. The maximum Gasteiger partial charge on any atom is 0.280 e. The van der Waals surface area contributed by atoms with E-state index in [0.29, 0.717) is 34.3 Å². The highest BCUT2D eigenvalue weighted by Crippen LogP contribution is 2.27. The summed E-state index contributed by atoms with van der Waals surface area (Å²) in [7, 11) is 1.57. The lowest BCUT2D eigenvalue weighted by Gasteiger charge is -2.10. The highest BCUT2D eigenvalue weighted by molar-refractivity contribution is 7.20. The molecule has 7 nitrogen and oxygen atoms in total. The number of halogens is 1. The molecule has 0 saturated carbocycles. The Morgan fingerprint density at radius 3 is 2.54 bits per heavy atom. The van der Waals surface area contributed by atoms with Crippen molar-refractivity contribution in [2.45, 2.75) is 6.42 Å². The van der Waals surface area contributed by atoms with E-state index in [1.54, 1.807) is 49.6 Å². The van der Waals surface area contributed by atoms with Crippen LogP contribution in [-0.4, -0.2) is 43.5 Å². The van der Waals surface area contributed by atoms with Crippen LogP contribution in [0.3, 0.4) is 0 Å². The van der Waals surface area contributed by atoms with Gasteiger partial charge in [-0.25, -0.2) is 9.37 Å². The van der Waals surface area contributed by atoms with Gasteiger partial charge in [-0.15, -0.1) is 11.3 Å². The summed E-state index contributed by atoms with van der Waals surface area (Å²) in [4.78, 5) is 29.0. The van der Waals surface area contributed by atoms with Crippen LogP contribution in [0, 0.1) is 5.82 Å². The van der Waals surface area contributed by atoms with Crippen LogP contribution >= 0.6 is 11.3 Å². The number of nitrogens with one attached hydrogen (secondary N) is 1. The molecule has 0 aliphatic carbocycles. The molecule has 1 N–H and O–H groups in total. The number of Topliss-reactive ketones (excluding diaryl/α,β-unsaturated/α-hetero) is 1. The zero-order chi connectivity index (χ0) is 24.6. The van der Waals surface area contributed by atoms with Crippen LogP contribution in [0.1, 0.15) is 15.4 Å². The zero-order valence-electron chi connectivity index (χ0n) is 19.0. The van der Waals surface area contributed by atoms with E-state index < -0.39 is 0 Å². The van der Waals surface area contributed by atoms with Crippen LogP contribution in [0.2, 0.25) is 0 Å². The van der Waals surface area contributed by atoms with E-state index >= 15 is 0 Å². The number of rotatable bonds is 11. The van der Waals surface area contributed by atoms with E-state index in [4.69, 9.17) is 14.2 Å². The Bertz CT molecular complexity index is 1320. The Kier molecular flexibility index (Phi) is 7.89. The SMILES string of the molecule is COc1ccccc1OCCNC(=O)c1nc2ccc(OCC(=O)Cc3ccc(F)cc3)cc2s1. The summed E-state index contributed by atoms with van der Waals surface area (Å²) in [6, 6.07) is 18.3. The van der Waals surface area contributed by atoms with Crippen LogP contribution in [0.4, 0.5) is 4.39 Å². The van der Waals surface area contributed by atoms with Gasteiger partial charge in [0.2, 0.25) is 0 Å². The number of benzene rings is 3. The summed E-state index contributed by atoms with van der Waals surface area (Å²) in [5, 5.41) is 3.11. The molecule has 3 aromatic carbocycles. The molecule has 0 unspecified atom stereocenters. The molecule has 35 heavy (non-hydrogen) atoms. The molecule has 4 aromatic rings. The number of ether oxygens (including phenoxy) is 3. The molecule has 0 atom stereocenters. The number of thiazole rings is 1. The van der Waals surface area contributed by atoms with E-state index in [-0.39, 0.29) is 37.1 Å². The summed E-state index contributed by atoms with van der Waals surface area (Å²) in [5.41, 5.74) is 1.39. The van der Waals surface area contributed by atoms with Crippen molar-refractivity contribution in [1.29, 1.82) is 0 Å². The fraction of sp³-hybridized carbons (Fsp3) is 0.192. The number of amides is 1. The molecule has 0 saturated heterocycles. The third-order valence-corrected chi connectivity index (χ3v) is 6.00. The molecule has 0 aliphatic heterocycles. The van der Waals surface area contributed by atoms with Gasteiger partial charge in [0, 0.05) is 6.42 Å². The fourth-order valence-electron chi connectivity index (χ4n) is 3.28. The maximum atomic E-state index is 13.0. The number of aromatic nitrogens is 1. The third-order valence-electron chi connectivity index (χ3n) is 4.98. The van der Waals surface area contributed by atoms with Crippen LogP contribution in [-0.2, 0) is 11.2 Å². The van der Waals surface area contributed by atoms with E-state index in [9.17, 15) is 14.0 Å². The number of carbonyl (C=O) groups excluding carboxylic acids is 2. The van der Waals surface area contributed by atoms with Crippen molar-refractivity contribution >= 4 is 33.2 Å². The van der Waals surface area contributed by atoms with Gasteiger partial charge in [0.25, 0.3) is 5.91 Å². The lowest BCUT2D eigenvalue weighted by molar-refractivity contribution is -0.120. The molecule has 9 heteroatoms. The van der Waals surface area contributed by atoms with Crippen molar-refractivity contribution in [3.63, 3.8) is 0 Å². The molecule has 0 radical (unpaired) electrons. The summed E-state index contributed by atoms with van der Waals surface area (Å²) in [6.45, 7) is 0.472. The van der Waals surface area contributed by atoms with Gasteiger partial charge >= 0.3 is 0 Å². The molecule has 0 bridgehead atoms. The quantitative estimate of drug-likeness (QED) is 0.310. The van der Waals surface area contributed by atoms with Gasteiger partial charge in [-0.1, -0.05) is 24.3 Å². The number of methoxy groups -OCH3 is 1. The molecule has 0 spiro atoms. The van der Waals surface area contributed by atoms with Crippen LogP contribution in [0.15, 0.2) is 66.7 Å². The predicted molar refractivity (Wildman–Crippen MR) is 131 cm³/mol. The summed E-state index contributed by atoms with van der Waals surface area (Å²) < 4.78 is 30.3. The monoisotopic (exact) mass is 494 g/mol. The Hall–Kier alpha value is -3.98. The second-order valence-electron chi connectivity index (χ2n) is 7.53. The molecule has 0 aliphatic rings. The number of ketones is 1. The molecule has 1 amide bonds. The fourth-order valence-corrected chi connectivity index (χ4v) is 4.19. The second kappa shape index (κ2) is 11.4. The largest absolute Gasteiger partial charge is 0.493 e. The molecule has 0 fully saturated rings. The number of para-hydroxylation sites is 2. The standard InChI is InChI=1S/C26H23FN2O5S/c1-32-22-4-2-3-5-23(22)33-13-12-28-25(31)26-29-21-11-10-20(15-24(21)35-26)34-16-19(30)14-17-6-8-18(27)9-7-17/h2-11,15H,12-14,16H2,1H3,(H,28,31). The first kappa shape index (κ1) is 24.2. The van der Waals surface area contributed by atoms with E-state index in [2.05, 4.69) is 10.3 Å². The van der Waals surface area contributed by atoms with E-state index in [1.807, 2.05) is 12.1 Å². The Morgan fingerprint density at radius 2 is 1.77 bits per heavy atom. The first-order valence-electron chi connectivity index (χ1n) is 10.9. The van der Waals surface area contributed by atoms with Crippen LogP contribution < -0.4 is 19.5 Å². The number of hydrogen-bond acceptors (Lipinski definition) is 7. The van der Waals surface area contributed by atoms with Crippen molar-refractivity contribution in [1.82, 2.24) is 10.3 Å².